The van der Waals surface area contributed by atoms with Gasteiger partial charge in [-0.25, -0.2) is 4.79 Å². The van der Waals surface area contributed by atoms with E-state index in [2.05, 4.69) is 4.90 Å². The lowest BCUT2D eigenvalue weighted by Gasteiger charge is -2.40. The van der Waals surface area contributed by atoms with Crippen molar-refractivity contribution >= 4 is 17.6 Å². The van der Waals surface area contributed by atoms with E-state index < -0.39 is 11.5 Å². The van der Waals surface area contributed by atoms with Crippen LogP contribution in [0.3, 0.4) is 0 Å². The Bertz CT molecular complexity index is 426. The molecule has 0 saturated carbocycles. The zero-order valence-electron chi connectivity index (χ0n) is 10.5. The molecule has 1 aromatic rings. The molecular formula is C14H18ClNO2. The lowest BCUT2D eigenvalue weighted by molar-refractivity contribution is -0.152. The number of rotatable bonds is 3. The number of carbonyl (C=O) groups is 1. The van der Waals surface area contributed by atoms with Gasteiger partial charge in [0.05, 0.1) is 0 Å². The monoisotopic (exact) mass is 267 g/mol. The van der Waals surface area contributed by atoms with Gasteiger partial charge in [0.2, 0.25) is 0 Å². The minimum Gasteiger partial charge on any atom is -0.480 e. The molecule has 1 aliphatic heterocycles. The lowest BCUT2D eigenvalue weighted by atomic mass is 9.88. The Balaban J connectivity index is 2.36. The summed E-state index contributed by atoms with van der Waals surface area (Å²) < 4.78 is 0. The molecule has 1 saturated heterocycles. The third-order valence-electron chi connectivity index (χ3n) is 3.81. The van der Waals surface area contributed by atoms with Crippen LogP contribution >= 0.6 is 11.6 Å². The van der Waals surface area contributed by atoms with Crippen molar-refractivity contribution in [3.8, 4) is 0 Å². The summed E-state index contributed by atoms with van der Waals surface area (Å²) in [5.41, 5.74) is -0.160. The zero-order chi connectivity index (χ0) is 13.2. The predicted octanol–water partition coefficient (Wildman–Crippen LogP) is 3.13. The normalized spacial score (nSPS) is 20.3. The number of carboxylic acids is 1. The minimum atomic E-state index is -0.953. The van der Waals surface area contributed by atoms with E-state index >= 15 is 0 Å². The van der Waals surface area contributed by atoms with Gasteiger partial charge in [-0.15, -0.1) is 0 Å². The maximum absolute atomic E-state index is 11.7. The number of benzene rings is 1. The summed E-state index contributed by atoms with van der Waals surface area (Å²) in [5, 5.41) is 10.3. The second-order valence-electron chi connectivity index (χ2n) is 4.93. The molecule has 1 fully saturated rings. The Hall–Kier alpha value is -1.06. The molecule has 0 aromatic heterocycles. The Morgan fingerprint density at radius 1 is 1.22 bits per heavy atom. The Morgan fingerprint density at radius 3 is 2.28 bits per heavy atom. The number of piperidine rings is 1. The topological polar surface area (TPSA) is 40.5 Å². The van der Waals surface area contributed by atoms with E-state index in [1.54, 1.807) is 19.1 Å². The standard InChI is InChI=1S/C14H18ClNO2/c1-14(13(17)18,16-9-3-2-4-10-16)11-5-7-12(15)8-6-11/h5-8H,2-4,9-10H2,1H3,(H,17,18). The van der Waals surface area contributed by atoms with Gasteiger partial charge in [0.15, 0.2) is 0 Å². The first-order chi connectivity index (χ1) is 8.55. The minimum absolute atomic E-state index is 0.630. The van der Waals surface area contributed by atoms with Crippen molar-refractivity contribution in [3.05, 3.63) is 34.9 Å². The van der Waals surface area contributed by atoms with Crippen LogP contribution in [0.4, 0.5) is 0 Å². The van der Waals surface area contributed by atoms with E-state index in [4.69, 9.17) is 11.6 Å². The molecule has 0 aliphatic carbocycles. The zero-order valence-corrected chi connectivity index (χ0v) is 11.3. The lowest BCUT2D eigenvalue weighted by Crippen LogP contribution is -2.51. The highest BCUT2D eigenvalue weighted by atomic mass is 35.5. The van der Waals surface area contributed by atoms with E-state index in [1.165, 1.54) is 6.42 Å². The van der Waals surface area contributed by atoms with Gasteiger partial charge in [-0.1, -0.05) is 30.2 Å². The molecule has 1 aromatic carbocycles. The van der Waals surface area contributed by atoms with Gasteiger partial charge in [0.25, 0.3) is 0 Å². The van der Waals surface area contributed by atoms with Crippen LogP contribution in [0.25, 0.3) is 0 Å². The number of aliphatic carboxylic acids is 1. The average Bonchev–Trinajstić information content (AvgIpc) is 2.39. The van der Waals surface area contributed by atoms with Crippen LogP contribution in [0.15, 0.2) is 24.3 Å². The van der Waals surface area contributed by atoms with Crippen LogP contribution in [-0.2, 0) is 10.3 Å². The van der Waals surface area contributed by atoms with E-state index in [0.29, 0.717) is 5.02 Å². The Kier molecular flexibility index (Phi) is 3.93. The maximum atomic E-state index is 11.7. The highest BCUT2D eigenvalue weighted by Gasteiger charge is 2.41. The van der Waals surface area contributed by atoms with Crippen molar-refractivity contribution in [2.75, 3.05) is 13.1 Å². The molecule has 2 rings (SSSR count). The first-order valence-corrected chi connectivity index (χ1v) is 6.67. The van der Waals surface area contributed by atoms with Gasteiger partial charge in [-0.3, -0.25) is 4.90 Å². The van der Waals surface area contributed by atoms with Gasteiger partial charge in [-0.05, 0) is 50.6 Å². The fraction of sp³-hybridized carbons (Fsp3) is 0.500. The molecule has 1 N–H and O–H groups in total. The molecule has 3 nitrogen and oxygen atoms in total. The molecule has 0 amide bonds. The Morgan fingerprint density at radius 2 is 1.78 bits per heavy atom. The molecule has 18 heavy (non-hydrogen) atoms. The van der Waals surface area contributed by atoms with Crippen LogP contribution < -0.4 is 0 Å². The maximum Gasteiger partial charge on any atom is 0.328 e. The van der Waals surface area contributed by atoms with Crippen LogP contribution in [0.5, 0.6) is 0 Å². The van der Waals surface area contributed by atoms with Crippen molar-refractivity contribution in [1.29, 1.82) is 0 Å². The van der Waals surface area contributed by atoms with Gasteiger partial charge >= 0.3 is 5.97 Å². The molecule has 0 bridgehead atoms. The average molecular weight is 268 g/mol. The summed E-state index contributed by atoms with van der Waals surface area (Å²) >= 11 is 5.87. The summed E-state index contributed by atoms with van der Waals surface area (Å²) in [5.74, 6) is -0.799. The predicted molar refractivity (Wildman–Crippen MR) is 71.9 cm³/mol. The molecule has 1 atom stereocenters. The fourth-order valence-electron chi connectivity index (χ4n) is 2.56. The van der Waals surface area contributed by atoms with Gasteiger partial charge in [0.1, 0.15) is 5.54 Å². The molecule has 1 unspecified atom stereocenters. The van der Waals surface area contributed by atoms with Crippen LogP contribution in [0, 0.1) is 0 Å². The number of hydrogen-bond donors (Lipinski definition) is 1. The van der Waals surface area contributed by atoms with Crippen molar-refractivity contribution in [1.82, 2.24) is 4.90 Å². The van der Waals surface area contributed by atoms with Crippen molar-refractivity contribution in [2.24, 2.45) is 0 Å². The molecule has 98 valence electrons. The first-order valence-electron chi connectivity index (χ1n) is 6.29. The summed E-state index contributed by atoms with van der Waals surface area (Å²) in [7, 11) is 0. The van der Waals surface area contributed by atoms with Gasteiger partial charge in [-0.2, -0.15) is 0 Å². The largest absolute Gasteiger partial charge is 0.480 e. The molecule has 1 heterocycles. The molecular weight excluding hydrogens is 250 g/mol. The first kappa shape index (κ1) is 13.4. The summed E-state index contributed by atoms with van der Waals surface area (Å²) in [6.07, 6.45) is 3.32. The number of hydrogen-bond acceptors (Lipinski definition) is 2. The van der Waals surface area contributed by atoms with Crippen molar-refractivity contribution in [3.63, 3.8) is 0 Å². The number of carboxylic acid groups (broad SMARTS) is 1. The van der Waals surface area contributed by atoms with Crippen molar-refractivity contribution in [2.45, 2.75) is 31.7 Å². The van der Waals surface area contributed by atoms with Gasteiger partial charge < -0.3 is 5.11 Å². The second kappa shape index (κ2) is 5.29. The summed E-state index contributed by atoms with van der Waals surface area (Å²) in [6, 6.07) is 7.13. The molecule has 4 heteroatoms. The van der Waals surface area contributed by atoms with Crippen LogP contribution in [0.1, 0.15) is 31.7 Å². The highest BCUT2D eigenvalue weighted by molar-refractivity contribution is 6.30. The SMILES string of the molecule is CC(C(=O)O)(c1ccc(Cl)cc1)N1CCCCC1. The molecule has 0 radical (unpaired) electrons. The van der Waals surface area contributed by atoms with E-state index in [9.17, 15) is 9.90 Å². The summed E-state index contributed by atoms with van der Waals surface area (Å²) in [6.45, 7) is 3.46. The second-order valence-corrected chi connectivity index (χ2v) is 5.37. The van der Waals surface area contributed by atoms with Crippen LogP contribution in [-0.4, -0.2) is 29.1 Å². The number of likely N-dealkylation sites (tertiary alicyclic amines) is 1. The van der Waals surface area contributed by atoms with E-state index in [-0.39, 0.29) is 0 Å². The quantitative estimate of drug-likeness (QED) is 0.915. The van der Waals surface area contributed by atoms with Gasteiger partial charge in [0, 0.05) is 5.02 Å². The number of nitrogens with zero attached hydrogens (tertiary/aromatic N) is 1. The van der Waals surface area contributed by atoms with E-state index in [1.807, 2.05) is 12.1 Å². The highest BCUT2D eigenvalue weighted by Crippen LogP contribution is 2.32. The summed E-state index contributed by atoms with van der Waals surface area (Å²) in [4.78, 5) is 13.8. The molecule has 1 aliphatic rings. The third kappa shape index (κ3) is 2.38. The number of halogens is 1. The molecule has 0 spiro atoms. The van der Waals surface area contributed by atoms with Crippen LogP contribution in [0.2, 0.25) is 5.02 Å². The van der Waals surface area contributed by atoms with E-state index in [0.717, 1.165) is 31.5 Å². The fourth-order valence-corrected chi connectivity index (χ4v) is 2.68. The van der Waals surface area contributed by atoms with Crippen molar-refractivity contribution < 1.29 is 9.90 Å². The smallest absolute Gasteiger partial charge is 0.328 e. The third-order valence-corrected chi connectivity index (χ3v) is 4.06. The Labute approximate surface area is 112 Å².